The lowest BCUT2D eigenvalue weighted by Crippen LogP contribution is -2.46. The molecule has 0 aliphatic carbocycles. The second-order valence-electron chi connectivity index (χ2n) is 6.83. The Morgan fingerprint density at radius 3 is 2.48 bits per heavy atom. The van der Waals surface area contributed by atoms with Gasteiger partial charge in [0.2, 0.25) is 0 Å². The Labute approximate surface area is 159 Å². The number of halogens is 1. The fourth-order valence-electron chi connectivity index (χ4n) is 3.52. The Morgan fingerprint density at radius 2 is 1.81 bits per heavy atom. The quantitative estimate of drug-likeness (QED) is 0.789. The highest BCUT2D eigenvalue weighted by Gasteiger charge is 2.24. The number of carbonyl (C=O) groups is 1. The van der Waals surface area contributed by atoms with Gasteiger partial charge >= 0.3 is 5.97 Å². The molecule has 6 heteroatoms. The maximum Gasteiger partial charge on any atom is 0.322 e. The standard InChI is InChI=1S/C21H26FN3O2/c1-27-21(26)19(23)14-17-8-5-9-18(22)20(17)25-12-10-24(11-13-25)15-16-6-3-2-4-7-16/h2-9,19H,10-15,23H2,1H3. The fraction of sp³-hybridized carbons (Fsp3) is 0.381. The van der Waals surface area contributed by atoms with Crippen molar-refractivity contribution in [1.29, 1.82) is 0 Å². The molecule has 2 aromatic carbocycles. The van der Waals surface area contributed by atoms with Crippen LogP contribution in [0, 0.1) is 5.82 Å². The SMILES string of the molecule is COC(=O)C(N)Cc1cccc(F)c1N1CCN(Cc2ccccc2)CC1. The molecule has 1 heterocycles. The van der Waals surface area contributed by atoms with Crippen molar-refractivity contribution in [2.45, 2.75) is 19.0 Å². The van der Waals surface area contributed by atoms with E-state index >= 15 is 0 Å². The van der Waals surface area contributed by atoms with E-state index in [-0.39, 0.29) is 12.2 Å². The largest absolute Gasteiger partial charge is 0.468 e. The zero-order chi connectivity index (χ0) is 19.2. The zero-order valence-corrected chi connectivity index (χ0v) is 15.6. The molecule has 1 unspecified atom stereocenters. The van der Waals surface area contributed by atoms with E-state index in [9.17, 15) is 9.18 Å². The van der Waals surface area contributed by atoms with Gasteiger partial charge in [-0.2, -0.15) is 0 Å². The summed E-state index contributed by atoms with van der Waals surface area (Å²) in [7, 11) is 1.31. The molecule has 1 aliphatic rings. The van der Waals surface area contributed by atoms with Crippen LogP contribution >= 0.6 is 0 Å². The Kier molecular flexibility index (Phi) is 6.42. The predicted molar refractivity (Wildman–Crippen MR) is 104 cm³/mol. The van der Waals surface area contributed by atoms with Gasteiger partial charge in [0.05, 0.1) is 12.8 Å². The number of hydrogen-bond acceptors (Lipinski definition) is 5. The number of nitrogens with zero attached hydrogens (tertiary/aromatic N) is 2. The van der Waals surface area contributed by atoms with Gasteiger partial charge < -0.3 is 15.4 Å². The number of benzene rings is 2. The Hall–Kier alpha value is -2.44. The van der Waals surface area contributed by atoms with Gasteiger partial charge in [0.25, 0.3) is 0 Å². The number of ether oxygens (including phenoxy) is 1. The Morgan fingerprint density at radius 1 is 1.11 bits per heavy atom. The van der Waals surface area contributed by atoms with Gasteiger partial charge in [0, 0.05) is 39.1 Å². The van der Waals surface area contributed by atoms with Crippen LogP contribution < -0.4 is 10.6 Å². The molecule has 27 heavy (non-hydrogen) atoms. The highest BCUT2D eigenvalue weighted by atomic mass is 19.1. The van der Waals surface area contributed by atoms with Gasteiger partial charge in [-0.25, -0.2) is 4.39 Å². The normalized spacial score (nSPS) is 16.2. The number of para-hydroxylation sites is 1. The zero-order valence-electron chi connectivity index (χ0n) is 15.6. The molecule has 0 saturated carbocycles. The number of piperazine rings is 1. The Balaban J connectivity index is 1.67. The molecular formula is C21H26FN3O2. The van der Waals surface area contributed by atoms with Crippen LogP contribution in [0.4, 0.5) is 10.1 Å². The van der Waals surface area contributed by atoms with E-state index in [1.54, 1.807) is 6.07 Å². The molecule has 144 valence electrons. The summed E-state index contributed by atoms with van der Waals surface area (Å²) in [6.07, 6.45) is 0.254. The molecule has 2 N–H and O–H groups in total. The maximum atomic E-state index is 14.6. The summed E-state index contributed by atoms with van der Waals surface area (Å²) in [5, 5.41) is 0. The third-order valence-corrected chi connectivity index (χ3v) is 4.95. The number of rotatable bonds is 6. The van der Waals surface area contributed by atoms with Gasteiger partial charge in [-0.1, -0.05) is 42.5 Å². The van der Waals surface area contributed by atoms with Gasteiger partial charge in [-0.05, 0) is 17.2 Å². The molecule has 1 fully saturated rings. The predicted octanol–water partition coefficient (Wildman–Crippen LogP) is 2.19. The molecule has 0 radical (unpaired) electrons. The van der Waals surface area contributed by atoms with Crippen molar-refractivity contribution < 1.29 is 13.9 Å². The topological polar surface area (TPSA) is 58.8 Å². The lowest BCUT2D eigenvalue weighted by atomic mass is 10.0. The van der Waals surface area contributed by atoms with Crippen LogP contribution in [0.1, 0.15) is 11.1 Å². The molecular weight excluding hydrogens is 345 g/mol. The number of carbonyl (C=O) groups excluding carboxylic acids is 1. The molecule has 0 amide bonds. The highest BCUT2D eigenvalue weighted by molar-refractivity contribution is 5.76. The second-order valence-corrected chi connectivity index (χ2v) is 6.83. The summed E-state index contributed by atoms with van der Waals surface area (Å²) >= 11 is 0. The number of methoxy groups -OCH3 is 1. The van der Waals surface area contributed by atoms with Gasteiger partial charge in [-0.3, -0.25) is 9.69 Å². The molecule has 5 nitrogen and oxygen atoms in total. The van der Waals surface area contributed by atoms with Crippen LogP contribution in [0.25, 0.3) is 0 Å². The number of hydrogen-bond donors (Lipinski definition) is 1. The first-order valence-electron chi connectivity index (χ1n) is 9.20. The van der Waals surface area contributed by atoms with E-state index in [0.717, 1.165) is 38.3 Å². The van der Waals surface area contributed by atoms with Crippen molar-refractivity contribution in [1.82, 2.24) is 4.90 Å². The fourth-order valence-corrected chi connectivity index (χ4v) is 3.52. The summed E-state index contributed by atoms with van der Waals surface area (Å²) in [6.45, 7) is 4.06. The molecule has 1 aliphatic heterocycles. The first kappa shape index (κ1) is 19.3. The minimum atomic E-state index is -0.796. The van der Waals surface area contributed by atoms with Crippen LogP contribution in [0.5, 0.6) is 0 Å². The van der Waals surface area contributed by atoms with Gasteiger partial charge in [0.1, 0.15) is 11.9 Å². The van der Waals surface area contributed by atoms with Crippen molar-refractivity contribution in [3.8, 4) is 0 Å². The molecule has 0 aromatic heterocycles. The van der Waals surface area contributed by atoms with E-state index in [2.05, 4.69) is 21.9 Å². The lowest BCUT2D eigenvalue weighted by molar-refractivity contribution is -0.142. The lowest BCUT2D eigenvalue weighted by Gasteiger charge is -2.37. The van der Waals surface area contributed by atoms with Crippen LogP contribution in [0.15, 0.2) is 48.5 Å². The van der Waals surface area contributed by atoms with Crippen LogP contribution in [-0.2, 0) is 22.5 Å². The third kappa shape index (κ3) is 4.84. The van der Waals surface area contributed by atoms with Crippen LogP contribution in [0.2, 0.25) is 0 Å². The van der Waals surface area contributed by atoms with Gasteiger partial charge in [-0.15, -0.1) is 0 Å². The maximum absolute atomic E-state index is 14.6. The van der Waals surface area contributed by atoms with E-state index in [0.29, 0.717) is 5.69 Å². The summed E-state index contributed by atoms with van der Waals surface area (Å²) < 4.78 is 19.3. The summed E-state index contributed by atoms with van der Waals surface area (Å²) in [6, 6.07) is 14.5. The van der Waals surface area contributed by atoms with Crippen LogP contribution in [0.3, 0.4) is 0 Å². The van der Waals surface area contributed by atoms with Gasteiger partial charge in [0.15, 0.2) is 0 Å². The van der Waals surface area contributed by atoms with Crippen LogP contribution in [-0.4, -0.2) is 50.2 Å². The van der Waals surface area contributed by atoms with E-state index in [1.165, 1.54) is 18.7 Å². The third-order valence-electron chi connectivity index (χ3n) is 4.95. The molecule has 3 rings (SSSR count). The molecule has 2 aromatic rings. The van der Waals surface area contributed by atoms with E-state index in [4.69, 9.17) is 10.5 Å². The van der Waals surface area contributed by atoms with Crippen molar-refractivity contribution in [2.75, 3.05) is 38.2 Å². The van der Waals surface area contributed by atoms with Crippen molar-refractivity contribution in [2.24, 2.45) is 5.73 Å². The van der Waals surface area contributed by atoms with Crippen molar-refractivity contribution in [3.63, 3.8) is 0 Å². The molecule has 0 bridgehead atoms. The first-order chi connectivity index (χ1) is 13.1. The number of nitrogens with two attached hydrogens (primary N) is 1. The smallest absolute Gasteiger partial charge is 0.322 e. The average molecular weight is 371 g/mol. The highest BCUT2D eigenvalue weighted by Crippen LogP contribution is 2.27. The minimum Gasteiger partial charge on any atom is -0.468 e. The van der Waals surface area contributed by atoms with Crippen molar-refractivity contribution >= 4 is 11.7 Å². The summed E-state index contributed by atoms with van der Waals surface area (Å²) in [4.78, 5) is 16.1. The van der Waals surface area contributed by atoms with E-state index in [1.807, 2.05) is 24.3 Å². The number of anilines is 1. The summed E-state index contributed by atoms with van der Waals surface area (Å²) in [5.41, 5.74) is 8.46. The molecule has 0 spiro atoms. The first-order valence-corrected chi connectivity index (χ1v) is 9.20. The molecule has 1 atom stereocenters. The van der Waals surface area contributed by atoms with Crippen molar-refractivity contribution in [3.05, 3.63) is 65.5 Å². The average Bonchev–Trinajstić information content (AvgIpc) is 2.69. The monoisotopic (exact) mass is 371 g/mol. The second kappa shape index (κ2) is 8.97. The molecule has 1 saturated heterocycles. The Bertz CT molecular complexity index is 761. The minimum absolute atomic E-state index is 0.254. The van der Waals surface area contributed by atoms with E-state index < -0.39 is 12.0 Å². The summed E-state index contributed by atoms with van der Waals surface area (Å²) in [5.74, 6) is -0.765. The number of esters is 1.